The number of nitrogens with zero attached hydrogens (tertiary/aromatic N) is 3. The van der Waals surface area contributed by atoms with Crippen molar-refractivity contribution < 1.29 is 0 Å². The van der Waals surface area contributed by atoms with Crippen LogP contribution in [0, 0.1) is 0 Å². The first-order chi connectivity index (χ1) is 6.21. The number of hydrogen-bond acceptors (Lipinski definition) is 2. The maximum Gasteiger partial charge on any atom is 0.211 e. The van der Waals surface area contributed by atoms with E-state index in [2.05, 4.69) is 23.7 Å². The minimum Gasteiger partial charge on any atom is -0.342 e. The van der Waals surface area contributed by atoms with Gasteiger partial charge in [-0.2, -0.15) is 0 Å². The zero-order valence-electron chi connectivity index (χ0n) is 9.25. The van der Waals surface area contributed by atoms with Crippen molar-refractivity contribution in [3.63, 3.8) is 0 Å². The molecule has 0 amide bonds. The molecule has 2 N–H and O–H groups in total. The summed E-state index contributed by atoms with van der Waals surface area (Å²) < 4.78 is 0. The van der Waals surface area contributed by atoms with E-state index >= 15 is 0 Å². The second kappa shape index (κ2) is 6.71. The van der Waals surface area contributed by atoms with Gasteiger partial charge in [0.2, 0.25) is 5.96 Å². The van der Waals surface area contributed by atoms with E-state index in [1.54, 1.807) is 5.01 Å². The lowest BCUT2D eigenvalue weighted by Gasteiger charge is -2.29. The van der Waals surface area contributed by atoms with Gasteiger partial charge >= 0.3 is 0 Å². The van der Waals surface area contributed by atoms with Gasteiger partial charge in [-0.1, -0.05) is 0 Å². The lowest BCUT2D eigenvalue weighted by molar-refractivity contribution is 0.347. The first-order valence-electron chi connectivity index (χ1n) is 5.02. The van der Waals surface area contributed by atoms with E-state index in [0.717, 1.165) is 32.1 Å². The Bertz CT molecular complexity index is 152. The van der Waals surface area contributed by atoms with Crippen LogP contribution in [-0.2, 0) is 0 Å². The summed E-state index contributed by atoms with van der Waals surface area (Å²) in [5, 5.41) is 1.69. The third kappa shape index (κ3) is 3.63. The van der Waals surface area contributed by atoms with Crippen molar-refractivity contribution in [1.29, 1.82) is 0 Å². The Morgan fingerprint density at radius 1 is 1.08 bits per heavy atom. The molecule has 0 radical (unpaired) electrons. The highest BCUT2D eigenvalue weighted by molar-refractivity contribution is 5.79. The topological polar surface area (TPSA) is 44.9 Å². The van der Waals surface area contributed by atoms with Gasteiger partial charge in [-0.15, -0.1) is 0 Å². The highest BCUT2D eigenvalue weighted by Crippen LogP contribution is 1.95. The van der Waals surface area contributed by atoms with Crippen molar-refractivity contribution in [3.05, 3.63) is 0 Å². The fraction of sp³-hybridized carbons (Fsp3) is 0.889. The molecule has 0 atom stereocenters. The summed E-state index contributed by atoms with van der Waals surface area (Å²) >= 11 is 0. The molecule has 0 bridgehead atoms. The van der Waals surface area contributed by atoms with Crippen LogP contribution in [0.5, 0.6) is 0 Å². The highest BCUT2D eigenvalue weighted by Gasteiger charge is 2.10. The van der Waals surface area contributed by atoms with Crippen molar-refractivity contribution in [3.8, 4) is 0 Å². The monoisotopic (exact) mass is 186 g/mol. The smallest absolute Gasteiger partial charge is 0.211 e. The number of rotatable bonds is 4. The molecule has 0 aliphatic carbocycles. The summed E-state index contributed by atoms with van der Waals surface area (Å²) in [6.45, 7) is 11.7. The van der Waals surface area contributed by atoms with E-state index in [0.29, 0.717) is 0 Å². The molecule has 0 unspecified atom stereocenters. The van der Waals surface area contributed by atoms with Gasteiger partial charge in [0.1, 0.15) is 0 Å². The summed E-state index contributed by atoms with van der Waals surface area (Å²) in [5.74, 6) is 6.71. The average molecular weight is 186 g/mol. The van der Waals surface area contributed by atoms with Crippen LogP contribution in [-0.4, -0.2) is 42.0 Å². The first kappa shape index (κ1) is 12.2. The zero-order chi connectivity index (χ0) is 10.3. The standard InChI is InChI=1S/C9H22N4/c1-5-11-9(13(10)8-4)12(6-2)7-3/h5-8,10H2,1-4H3. The summed E-state index contributed by atoms with van der Waals surface area (Å²) in [6, 6.07) is 0. The van der Waals surface area contributed by atoms with E-state index in [1.807, 2.05) is 13.8 Å². The molecule has 13 heavy (non-hydrogen) atoms. The highest BCUT2D eigenvalue weighted by atomic mass is 15.5. The third-order valence-corrected chi connectivity index (χ3v) is 1.94. The number of hydrazine groups is 1. The van der Waals surface area contributed by atoms with Crippen molar-refractivity contribution >= 4 is 5.96 Å². The molecule has 0 heterocycles. The van der Waals surface area contributed by atoms with Crippen LogP contribution in [0.3, 0.4) is 0 Å². The zero-order valence-corrected chi connectivity index (χ0v) is 9.25. The van der Waals surface area contributed by atoms with Crippen LogP contribution in [0.4, 0.5) is 0 Å². The second-order valence-corrected chi connectivity index (χ2v) is 2.73. The van der Waals surface area contributed by atoms with Crippen molar-refractivity contribution in [2.75, 3.05) is 26.2 Å². The molecule has 0 aliphatic heterocycles. The van der Waals surface area contributed by atoms with Crippen LogP contribution in [0.2, 0.25) is 0 Å². The van der Waals surface area contributed by atoms with Crippen LogP contribution < -0.4 is 5.84 Å². The fourth-order valence-corrected chi connectivity index (χ4v) is 1.16. The Hall–Kier alpha value is -0.770. The average Bonchev–Trinajstić information content (AvgIpc) is 2.17. The summed E-state index contributed by atoms with van der Waals surface area (Å²) in [5.41, 5.74) is 0. The maximum atomic E-state index is 5.82. The number of nitrogens with two attached hydrogens (primary N) is 1. The van der Waals surface area contributed by atoms with Crippen LogP contribution in [0.15, 0.2) is 4.99 Å². The largest absolute Gasteiger partial charge is 0.342 e. The molecule has 4 nitrogen and oxygen atoms in total. The Labute approximate surface area is 81.4 Å². The predicted molar refractivity (Wildman–Crippen MR) is 57.5 cm³/mol. The van der Waals surface area contributed by atoms with Gasteiger partial charge in [0.15, 0.2) is 0 Å². The normalized spacial score (nSPS) is 11.6. The Kier molecular flexibility index (Phi) is 6.32. The van der Waals surface area contributed by atoms with Gasteiger partial charge in [-0.3, -0.25) is 10.0 Å². The van der Waals surface area contributed by atoms with Crippen LogP contribution in [0.25, 0.3) is 0 Å². The molecule has 4 heteroatoms. The SMILES string of the molecule is CCN=C(N(N)CC)N(CC)CC. The van der Waals surface area contributed by atoms with Gasteiger partial charge in [-0.05, 0) is 27.7 Å². The van der Waals surface area contributed by atoms with Crippen LogP contribution in [0.1, 0.15) is 27.7 Å². The van der Waals surface area contributed by atoms with Gasteiger partial charge in [0, 0.05) is 26.2 Å². The molecule has 0 saturated heterocycles. The van der Waals surface area contributed by atoms with E-state index in [4.69, 9.17) is 5.84 Å². The Balaban J connectivity index is 4.48. The first-order valence-corrected chi connectivity index (χ1v) is 5.02. The molecule has 0 fully saturated rings. The lowest BCUT2D eigenvalue weighted by atomic mass is 10.5. The second-order valence-electron chi connectivity index (χ2n) is 2.73. The lowest BCUT2D eigenvalue weighted by Crippen LogP contribution is -2.48. The molecule has 0 spiro atoms. The van der Waals surface area contributed by atoms with Gasteiger partial charge in [0.05, 0.1) is 0 Å². The molecule has 78 valence electrons. The fourth-order valence-electron chi connectivity index (χ4n) is 1.16. The van der Waals surface area contributed by atoms with Gasteiger partial charge in [0.25, 0.3) is 0 Å². The number of guanidine groups is 1. The van der Waals surface area contributed by atoms with Crippen molar-refractivity contribution in [2.45, 2.75) is 27.7 Å². The Morgan fingerprint density at radius 2 is 1.62 bits per heavy atom. The molecule has 0 aromatic carbocycles. The minimum absolute atomic E-state index is 0.777. The molecular weight excluding hydrogens is 164 g/mol. The molecule has 0 saturated carbocycles. The summed E-state index contributed by atoms with van der Waals surface area (Å²) in [7, 11) is 0. The molecule has 0 aliphatic rings. The summed E-state index contributed by atoms with van der Waals surface area (Å²) in [6.07, 6.45) is 0. The van der Waals surface area contributed by atoms with Crippen molar-refractivity contribution in [2.24, 2.45) is 10.8 Å². The molecule has 0 aromatic heterocycles. The predicted octanol–water partition coefficient (Wildman–Crippen LogP) is 0.900. The van der Waals surface area contributed by atoms with Gasteiger partial charge < -0.3 is 4.90 Å². The number of hydrogen-bond donors (Lipinski definition) is 1. The van der Waals surface area contributed by atoms with Crippen molar-refractivity contribution in [1.82, 2.24) is 9.91 Å². The van der Waals surface area contributed by atoms with Crippen LogP contribution >= 0.6 is 0 Å². The van der Waals surface area contributed by atoms with E-state index in [9.17, 15) is 0 Å². The number of aliphatic imine (C=N–C) groups is 1. The van der Waals surface area contributed by atoms with E-state index in [1.165, 1.54) is 0 Å². The minimum atomic E-state index is 0.777. The van der Waals surface area contributed by atoms with E-state index in [-0.39, 0.29) is 0 Å². The molecule has 0 rings (SSSR count). The van der Waals surface area contributed by atoms with Gasteiger partial charge in [-0.25, -0.2) is 5.84 Å². The quantitative estimate of drug-likeness (QED) is 0.307. The summed E-state index contributed by atoms with van der Waals surface area (Å²) in [4.78, 5) is 6.54. The third-order valence-electron chi connectivity index (χ3n) is 1.94. The Morgan fingerprint density at radius 3 is 1.92 bits per heavy atom. The molecular formula is C9H22N4. The maximum absolute atomic E-state index is 5.82. The molecule has 0 aromatic rings. The van der Waals surface area contributed by atoms with E-state index < -0.39 is 0 Å².